The van der Waals surface area contributed by atoms with E-state index in [9.17, 15) is 0 Å². The first-order valence-corrected chi connectivity index (χ1v) is 8.60. The lowest BCUT2D eigenvalue weighted by molar-refractivity contribution is 0.0455. The third-order valence-electron chi connectivity index (χ3n) is 5.00. The van der Waals surface area contributed by atoms with Gasteiger partial charge in [0.1, 0.15) is 0 Å². The van der Waals surface area contributed by atoms with E-state index in [0.717, 1.165) is 25.7 Å². The van der Waals surface area contributed by atoms with Gasteiger partial charge in [-0.05, 0) is 37.1 Å². The van der Waals surface area contributed by atoms with Crippen molar-refractivity contribution in [1.82, 2.24) is 15.1 Å². The topological polar surface area (TPSA) is 18.5 Å². The minimum atomic E-state index is 0.813. The molecule has 2 heterocycles. The van der Waals surface area contributed by atoms with Gasteiger partial charge in [-0.15, -0.1) is 0 Å². The van der Waals surface area contributed by atoms with Crippen molar-refractivity contribution < 1.29 is 0 Å². The molecule has 0 saturated carbocycles. The van der Waals surface area contributed by atoms with E-state index in [4.69, 9.17) is 0 Å². The van der Waals surface area contributed by atoms with Crippen molar-refractivity contribution in [2.45, 2.75) is 45.3 Å². The highest BCUT2D eigenvalue weighted by Gasteiger charge is 2.28. The maximum Gasteiger partial charge on any atom is 0.0238 e. The Morgan fingerprint density at radius 3 is 2.81 bits per heavy atom. The molecular weight excluding hydrogens is 258 g/mol. The Bertz CT molecular complexity index is 446. The zero-order valence-corrected chi connectivity index (χ0v) is 13.4. The van der Waals surface area contributed by atoms with Crippen LogP contribution in [0.5, 0.6) is 0 Å². The van der Waals surface area contributed by atoms with Crippen LogP contribution in [0.15, 0.2) is 24.3 Å². The van der Waals surface area contributed by atoms with E-state index in [0.29, 0.717) is 0 Å². The van der Waals surface area contributed by atoms with Gasteiger partial charge in [-0.1, -0.05) is 37.6 Å². The Hall–Kier alpha value is -0.900. The van der Waals surface area contributed by atoms with Crippen molar-refractivity contribution in [3.8, 4) is 0 Å². The van der Waals surface area contributed by atoms with E-state index < -0.39 is 0 Å². The van der Waals surface area contributed by atoms with Crippen molar-refractivity contribution in [1.29, 1.82) is 0 Å². The van der Waals surface area contributed by atoms with Gasteiger partial charge >= 0.3 is 0 Å². The van der Waals surface area contributed by atoms with Gasteiger partial charge in [-0.2, -0.15) is 0 Å². The van der Waals surface area contributed by atoms with Crippen LogP contribution >= 0.6 is 0 Å². The SMILES string of the molecule is CCNCc1ccccc1CN1CCN2CCCCC2C1. The van der Waals surface area contributed by atoms with Crippen molar-refractivity contribution in [2.24, 2.45) is 0 Å². The highest BCUT2D eigenvalue weighted by Crippen LogP contribution is 2.22. The van der Waals surface area contributed by atoms with E-state index in [1.165, 1.54) is 56.6 Å². The van der Waals surface area contributed by atoms with Crippen molar-refractivity contribution in [3.05, 3.63) is 35.4 Å². The van der Waals surface area contributed by atoms with Crippen molar-refractivity contribution in [2.75, 3.05) is 32.7 Å². The molecule has 3 rings (SSSR count). The molecule has 1 aromatic carbocycles. The number of benzene rings is 1. The van der Waals surface area contributed by atoms with Crippen LogP contribution in [0, 0.1) is 0 Å². The van der Waals surface area contributed by atoms with Crippen LogP contribution in [0.25, 0.3) is 0 Å². The van der Waals surface area contributed by atoms with E-state index in [-0.39, 0.29) is 0 Å². The normalized spacial score (nSPS) is 24.0. The van der Waals surface area contributed by atoms with Gasteiger partial charge in [0, 0.05) is 38.8 Å². The fraction of sp³-hybridized carbons (Fsp3) is 0.667. The number of hydrogen-bond donors (Lipinski definition) is 1. The van der Waals surface area contributed by atoms with E-state index in [2.05, 4.69) is 46.3 Å². The average Bonchev–Trinajstić information content (AvgIpc) is 2.54. The summed E-state index contributed by atoms with van der Waals surface area (Å²) in [5.74, 6) is 0. The number of hydrogen-bond acceptors (Lipinski definition) is 3. The summed E-state index contributed by atoms with van der Waals surface area (Å²) in [6, 6.07) is 9.74. The van der Waals surface area contributed by atoms with Crippen LogP contribution in [0.4, 0.5) is 0 Å². The van der Waals surface area contributed by atoms with Crippen molar-refractivity contribution in [3.63, 3.8) is 0 Å². The van der Waals surface area contributed by atoms with E-state index in [1.54, 1.807) is 0 Å². The summed E-state index contributed by atoms with van der Waals surface area (Å²) in [4.78, 5) is 5.38. The summed E-state index contributed by atoms with van der Waals surface area (Å²) in [7, 11) is 0. The van der Waals surface area contributed by atoms with Crippen LogP contribution in [0.3, 0.4) is 0 Å². The second-order valence-electron chi connectivity index (χ2n) is 6.47. The molecule has 1 N–H and O–H groups in total. The lowest BCUT2D eigenvalue weighted by atomic mass is 9.98. The first-order valence-electron chi connectivity index (χ1n) is 8.60. The molecule has 1 aromatic rings. The first-order chi connectivity index (χ1) is 10.4. The molecule has 0 aromatic heterocycles. The van der Waals surface area contributed by atoms with Gasteiger partial charge in [0.25, 0.3) is 0 Å². The fourth-order valence-electron chi connectivity index (χ4n) is 3.75. The Morgan fingerprint density at radius 2 is 1.95 bits per heavy atom. The molecule has 2 aliphatic rings. The Kier molecular flexibility index (Phi) is 5.28. The maximum absolute atomic E-state index is 3.46. The number of fused-ring (bicyclic) bond motifs is 1. The molecular formula is C18H29N3. The summed E-state index contributed by atoms with van der Waals surface area (Å²) in [6.07, 6.45) is 4.23. The predicted octanol–water partition coefficient (Wildman–Crippen LogP) is 2.47. The molecule has 0 amide bonds. The maximum atomic E-state index is 3.46. The lowest BCUT2D eigenvalue weighted by Crippen LogP contribution is -2.54. The number of nitrogens with one attached hydrogen (secondary N) is 1. The molecule has 21 heavy (non-hydrogen) atoms. The largest absolute Gasteiger partial charge is 0.313 e. The summed E-state index contributed by atoms with van der Waals surface area (Å²) in [6.45, 7) is 10.4. The molecule has 2 fully saturated rings. The van der Waals surface area contributed by atoms with Crippen LogP contribution in [0.2, 0.25) is 0 Å². The molecule has 1 atom stereocenters. The molecule has 116 valence electrons. The molecule has 0 spiro atoms. The Labute approximate surface area is 129 Å². The second-order valence-corrected chi connectivity index (χ2v) is 6.47. The summed E-state index contributed by atoms with van der Waals surface area (Å²) in [5, 5.41) is 3.46. The third kappa shape index (κ3) is 3.85. The van der Waals surface area contributed by atoms with E-state index in [1.807, 2.05) is 0 Å². The molecule has 3 heteroatoms. The Morgan fingerprint density at radius 1 is 1.10 bits per heavy atom. The first kappa shape index (κ1) is 15.0. The van der Waals surface area contributed by atoms with Crippen LogP contribution < -0.4 is 5.32 Å². The molecule has 0 radical (unpaired) electrons. The predicted molar refractivity (Wildman–Crippen MR) is 88.3 cm³/mol. The van der Waals surface area contributed by atoms with Crippen LogP contribution in [-0.2, 0) is 13.1 Å². The molecule has 0 aliphatic carbocycles. The van der Waals surface area contributed by atoms with Gasteiger partial charge in [-0.3, -0.25) is 9.80 Å². The van der Waals surface area contributed by atoms with E-state index >= 15 is 0 Å². The highest BCUT2D eigenvalue weighted by atomic mass is 15.3. The standard InChI is InChI=1S/C18H29N3/c1-2-19-13-16-7-3-4-8-17(16)14-20-11-12-21-10-6-5-9-18(21)15-20/h3-4,7-8,18-19H,2,5-6,9-15H2,1H3. The van der Waals surface area contributed by atoms with Gasteiger partial charge in [0.05, 0.1) is 0 Å². The minimum Gasteiger partial charge on any atom is -0.313 e. The Balaban J connectivity index is 1.61. The second kappa shape index (κ2) is 7.39. The van der Waals surface area contributed by atoms with Crippen LogP contribution in [0.1, 0.15) is 37.3 Å². The number of rotatable bonds is 5. The lowest BCUT2D eigenvalue weighted by Gasteiger charge is -2.44. The third-order valence-corrected chi connectivity index (χ3v) is 5.00. The molecule has 2 saturated heterocycles. The number of nitrogens with zero attached hydrogens (tertiary/aromatic N) is 2. The molecule has 0 bridgehead atoms. The zero-order valence-electron chi connectivity index (χ0n) is 13.4. The zero-order chi connectivity index (χ0) is 14.5. The number of piperazine rings is 1. The number of piperidine rings is 1. The van der Waals surface area contributed by atoms with Gasteiger partial charge in [0.2, 0.25) is 0 Å². The molecule has 1 unspecified atom stereocenters. The molecule has 3 nitrogen and oxygen atoms in total. The van der Waals surface area contributed by atoms with Gasteiger partial charge in [0.15, 0.2) is 0 Å². The molecule has 2 aliphatic heterocycles. The van der Waals surface area contributed by atoms with Crippen LogP contribution in [-0.4, -0.2) is 48.6 Å². The minimum absolute atomic E-state index is 0.813. The smallest absolute Gasteiger partial charge is 0.0238 e. The quantitative estimate of drug-likeness (QED) is 0.897. The van der Waals surface area contributed by atoms with Gasteiger partial charge in [-0.25, -0.2) is 0 Å². The highest BCUT2D eigenvalue weighted by molar-refractivity contribution is 5.27. The van der Waals surface area contributed by atoms with Crippen molar-refractivity contribution >= 4 is 0 Å². The summed E-state index contributed by atoms with van der Waals surface area (Å²) in [5.41, 5.74) is 2.97. The monoisotopic (exact) mass is 287 g/mol. The van der Waals surface area contributed by atoms with Gasteiger partial charge < -0.3 is 5.32 Å². The average molecular weight is 287 g/mol. The summed E-state index contributed by atoms with van der Waals surface area (Å²) >= 11 is 0. The fourth-order valence-corrected chi connectivity index (χ4v) is 3.75. The summed E-state index contributed by atoms with van der Waals surface area (Å²) < 4.78 is 0.